The van der Waals surface area contributed by atoms with Gasteiger partial charge in [-0.3, -0.25) is 14.4 Å². The van der Waals surface area contributed by atoms with Crippen molar-refractivity contribution in [1.82, 2.24) is 4.90 Å². The van der Waals surface area contributed by atoms with Crippen LogP contribution in [-0.2, 0) is 25.7 Å². The van der Waals surface area contributed by atoms with E-state index in [0.29, 0.717) is 24.5 Å². The molecule has 1 aliphatic heterocycles. The van der Waals surface area contributed by atoms with Crippen molar-refractivity contribution in [2.75, 3.05) is 25.6 Å². The Kier molecular flexibility index (Phi) is 6.26. The van der Waals surface area contributed by atoms with Gasteiger partial charge in [0, 0.05) is 19.5 Å². The average molecular weight is 382 g/mol. The molecule has 1 fully saturated rings. The van der Waals surface area contributed by atoms with Gasteiger partial charge in [0.15, 0.2) is 6.61 Å². The molecular formula is C21H22N2O5. The number of benzene rings is 2. The molecule has 2 aromatic carbocycles. The first-order valence-corrected chi connectivity index (χ1v) is 8.98. The van der Waals surface area contributed by atoms with Crippen molar-refractivity contribution < 1.29 is 23.9 Å². The molecule has 1 heterocycles. The number of likely N-dealkylation sites (tertiary alicyclic amines) is 1. The van der Waals surface area contributed by atoms with Crippen LogP contribution in [0.25, 0.3) is 0 Å². The molecule has 0 spiro atoms. The number of hydrogen-bond acceptors (Lipinski definition) is 5. The minimum Gasteiger partial charge on any atom is -0.495 e. The second-order valence-electron chi connectivity index (χ2n) is 6.52. The topological polar surface area (TPSA) is 84.9 Å². The molecule has 3 rings (SSSR count). The Hall–Kier alpha value is -3.35. The highest BCUT2D eigenvalue weighted by Gasteiger charge is 2.35. The van der Waals surface area contributed by atoms with Crippen LogP contribution in [0.5, 0.6) is 5.75 Å². The van der Waals surface area contributed by atoms with Gasteiger partial charge in [0.05, 0.1) is 18.7 Å². The van der Waals surface area contributed by atoms with Crippen LogP contribution in [-0.4, -0.2) is 42.9 Å². The fourth-order valence-electron chi connectivity index (χ4n) is 3.08. The minimum atomic E-state index is -0.560. The van der Waals surface area contributed by atoms with Gasteiger partial charge in [-0.2, -0.15) is 0 Å². The largest absolute Gasteiger partial charge is 0.495 e. The third-order valence-electron chi connectivity index (χ3n) is 4.49. The van der Waals surface area contributed by atoms with Crippen molar-refractivity contribution in [3.8, 4) is 5.75 Å². The van der Waals surface area contributed by atoms with Crippen molar-refractivity contribution in [2.45, 2.75) is 13.0 Å². The van der Waals surface area contributed by atoms with E-state index in [1.165, 1.54) is 7.11 Å². The third kappa shape index (κ3) is 4.88. The lowest BCUT2D eigenvalue weighted by atomic mass is 10.1. The van der Waals surface area contributed by atoms with Gasteiger partial charge in [-0.15, -0.1) is 0 Å². The Morgan fingerprint density at radius 2 is 1.82 bits per heavy atom. The van der Waals surface area contributed by atoms with Gasteiger partial charge in [-0.25, -0.2) is 0 Å². The van der Waals surface area contributed by atoms with Crippen LogP contribution in [0.1, 0.15) is 12.0 Å². The fraction of sp³-hybridized carbons (Fsp3) is 0.286. The quantitative estimate of drug-likeness (QED) is 0.743. The first-order valence-electron chi connectivity index (χ1n) is 8.98. The van der Waals surface area contributed by atoms with Gasteiger partial charge in [0.2, 0.25) is 5.91 Å². The van der Waals surface area contributed by atoms with Crippen LogP contribution in [0, 0.1) is 5.92 Å². The number of nitrogens with zero attached hydrogens (tertiary/aromatic N) is 1. The van der Waals surface area contributed by atoms with Crippen LogP contribution in [0.3, 0.4) is 0 Å². The summed E-state index contributed by atoms with van der Waals surface area (Å²) in [4.78, 5) is 38.1. The van der Waals surface area contributed by atoms with E-state index in [1.807, 2.05) is 30.3 Å². The number of carbonyl (C=O) groups is 3. The van der Waals surface area contributed by atoms with E-state index < -0.39 is 24.4 Å². The van der Waals surface area contributed by atoms with Crippen LogP contribution < -0.4 is 10.1 Å². The maximum atomic E-state index is 12.3. The molecule has 0 aromatic heterocycles. The van der Waals surface area contributed by atoms with Crippen LogP contribution in [0.15, 0.2) is 54.6 Å². The maximum absolute atomic E-state index is 12.3. The fourth-order valence-corrected chi connectivity index (χ4v) is 3.08. The molecule has 1 unspecified atom stereocenters. The van der Waals surface area contributed by atoms with Crippen molar-refractivity contribution in [3.05, 3.63) is 60.2 Å². The van der Waals surface area contributed by atoms with Gasteiger partial charge in [0.1, 0.15) is 5.75 Å². The van der Waals surface area contributed by atoms with Crippen molar-refractivity contribution in [1.29, 1.82) is 0 Å². The minimum absolute atomic E-state index is 0.0933. The third-order valence-corrected chi connectivity index (χ3v) is 4.49. The van der Waals surface area contributed by atoms with Crippen LogP contribution in [0.4, 0.5) is 5.69 Å². The summed E-state index contributed by atoms with van der Waals surface area (Å²) in [6.45, 7) is 0.332. The second kappa shape index (κ2) is 9.03. The first-order chi connectivity index (χ1) is 13.6. The van der Waals surface area contributed by atoms with E-state index in [-0.39, 0.29) is 12.3 Å². The van der Waals surface area contributed by atoms with Crippen molar-refractivity contribution in [2.24, 2.45) is 5.92 Å². The van der Waals surface area contributed by atoms with Gasteiger partial charge < -0.3 is 19.7 Å². The number of para-hydroxylation sites is 2. The molecule has 146 valence electrons. The number of esters is 1. The Labute approximate surface area is 163 Å². The van der Waals surface area contributed by atoms with E-state index in [1.54, 1.807) is 29.2 Å². The van der Waals surface area contributed by atoms with Crippen LogP contribution >= 0.6 is 0 Å². The van der Waals surface area contributed by atoms with E-state index in [4.69, 9.17) is 9.47 Å². The lowest BCUT2D eigenvalue weighted by Crippen LogP contribution is -2.28. The number of anilines is 1. The molecule has 1 atom stereocenters. The molecule has 0 bridgehead atoms. The predicted molar refractivity (Wildman–Crippen MR) is 103 cm³/mol. The number of hydrogen-bond donors (Lipinski definition) is 1. The summed E-state index contributed by atoms with van der Waals surface area (Å²) in [6, 6.07) is 16.5. The number of nitrogens with one attached hydrogen (secondary N) is 1. The Morgan fingerprint density at radius 1 is 1.11 bits per heavy atom. The molecular weight excluding hydrogens is 360 g/mol. The predicted octanol–water partition coefficient (Wildman–Crippen LogP) is 2.23. The van der Waals surface area contributed by atoms with Gasteiger partial charge >= 0.3 is 5.97 Å². The normalized spacial score (nSPS) is 16.0. The molecule has 0 saturated carbocycles. The molecule has 1 N–H and O–H groups in total. The summed E-state index contributed by atoms with van der Waals surface area (Å²) < 4.78 is 10.3. The van der Waals surface area contributed by atoms with E-state index >= 15 is 0 Å². The lowest BCUT2D eigenvalue weighted by molar-refractivity contribution is -0.151. The summed E-state index contributed by atoms with van der Waals surface area (Å²) >= 11 is 0. The molecule has 0 radical (unpaired) electrons. The van der Waals surface area contributed by atoms with E-state index in [0.717, 1.165) is 5.56 Å². The summed E-state index contributed by atoms with van der Waals surface area (Å²) in [7, 11) is 1.50. The smallest absolute Gasteiger partial charge is 0.311 e. The molecule has 7 heteroatoms. The number of ether oxygens (including phenoxy) is 2. The Balaban J connectivity index is 1.48. The molecule has 2 amide bonds. The summed E-state index contributed by atoms with van der Waals surface area (Å²) in [5.74, 6) is -1.15. The highest BCUT2D eigenvalue weighted by Crippen LogP contribution is 2.23. The molecule has 28 heavy (non-hydrogen) atoms. The highest BCUT2D eigenvalue weighted by atomic mass is 16.5. The van der Waals surface area contributed by atoms with Crippen molar-refractivity contribution >= 4 is 23.5 Å². The zero-order valence-corrected chi connectivity index (χ0v) is 15.6. The number of carbonyl (C=O) groups excluding carboxylic acids is 3. The van der Waals surface area contributed by atoms with Gasteiger partial charge in [0.25, 0.3) is 5.91 Å². The van der Waals surface area contributed by atoms with Crippen LogP contribution in [0.2, 0.25) is 0 Å². The SMILES string of the molecule is COc1ccccc1NC(=O)COC(=O)C1CC(=O)N(Cc2ccccc2)C1. The lowest BCUT2D eigenvalue weighted by Gasteiger charge is -2.16. The maximum Gasteiger partial charge on any atom is 0.311 e. The molecule has 2 aromatic rings. The monoisotopic (exact) mass is 382 g/mol. The van der Waals surface area contributed by atoms with E-state index in [9.17, 15) is 14.4 Å². The summed E-state index contributed by atoms with van der Waals surface area (Å²) in [6.07, 6.45) is 0.0970. The molecule has 0 aliphatic carbocycles. The molecule has 7 nitrogen and oxygen atoms in total. The standard InChI is InChI=1S/C21H22N2O5/c1-27-18-10-6-5-9-17(18)22-19(24)14-28-21(26)16-11-20(25)23(13-16)12-15-7-3-2-4-8-15/h2-10,16H,11-14H2,1H3,(H,22,24). The first kappa shape index (κ1) is 19.4. The summed E-state index contributed by atoms with van der Waals surface area (Å²) in [5.41, 5.74) is 1.50. The Bertz CT molecular complexity index is 853. The second-order valence-corrected chi connectivity index (χ2v) is 6.52. The molecule has 1 saturated heterocycles. The average Bonchev–Trinajstić information content (AvgIpc) is 3.08. The Morgan fingerprint density at radius 3 is 2.57 bits per heavy atom. The highest BCUT2D eigenvalue weighted by molar-refractivity contribution is 5.94. The molecule has 1 aliphatic rings. The van der Waals surface area contributed by atoms with Gasteiger partial charge in [-0.1, -0.05) is 42.5 Å². The summed E-state index contributed by atoms with van der Waals surface area (Å²) in [5, 5.41) is 2.64. The number of amides is 2. The zero-order valence-electron chi connectivity index (χ0n) is 15.6. The number of rotatable bonds is 7. The zero-order chi connectivity index (χ0) is 19.9. The van der Waals surface area contributed by atoms with Crippen molar-refractivity contribution in [3.63, 3.8) is 0 Å². The van der Waals surface area contributed by atoms with Gasteiger partial charge in [-0.05, 0) is 17.7 Å². The van der Waals surface area contributed by atoms with E-state index in [2.05, 4.69) is 5.32 Å². The number of methoxy groups -OCH3 is 1.